The Bertz CT molecular complexity index is 1100. The van der Waals surface area contributed by atoms with Gasteiger partial charge in [-0.25, -0.2) is 15.3 Å². The number of aromatic amines is 1. The number of carbonyl (C=O) groups excluding carboxylic acids is 2. The fraction of sp³-hybridized carbons (Fsp3) is 0.292. The number of rotatable bonds is 7. The van der Waals surface area contributed by atoms with Gasteiger partial charge in [0.05, 0.1) is 11.0 Å². The van der Waals surface area contributed by atoms with Gasteiger partial charge in [-0.05, 0) is 55.2 Å². The average Bonchev–Trinajstić information content (AvgIpc) is 3.19. The minimum atomic E-state index is -0.363. The van der Waals surface area contributed by atoms with E-state index in [-0.39, 0.29) is 18.0 Å². The molecule has 0 bridgehead atoms. The summed E-state index contributed by atoms with van der Waals surface area (Å²) >= 11 is 0. The van der Waals surface area contributed by atoms with Gasteiger partial charge in [-0.3, -0.25) is 9.59 Å². The number of aromatic nitrogens is 2. The highest BCUT2D eigenvalue weighted by atomic mass is 16.8. The highest BCUT2D eigenvalue weighted by molar-refractivity contribution is 5.97. The number of ketones is 1. The van der Waals surface area contributed by atoms with Crippen molar-refractivity contribution < 1.29 is 19.2 Å². The fourth-order valence-corrected chi connectivity index (χ4v) is 3.44. The molecule has 160 valence electrons. The smallest absolute Gasteiger partial charge is 0.267 e. The number of nitrogens with zero attached hydrogens (tertiary/aromatic N) is 1. The number of imidazole rings is 1. The minimum absolute atomic E-state index is 0.0317. The summed E-state index contributed by atoms with van der Waals surface area (Å²) in [7, 11) is 0. The Morgan fingerprint density at radius 2 is 2.06 bits per heavy atom. The lowest BCUT2D eigenvalue weighted by atomic mass is 10.1. The van der Waals surface area contributed by atoms with E-state index < -0.39 is 0 Å². The van der Waals surface area contributed by atoms with Crippen molar-refractivity contribution in [3.05, 3.63) is 71.1 Å². The molecule has 1 saturated heterocycles. The molecule has 1 unspecified atom stereocenters. The number of benzene rings is 2. The van der Waals surface area contributed by atoms with Crippen LogP contribution >= 0.6 is 0 Å². The summed E-state index contributed by atoms with van der Waals surface area (Å²) in [5.74, 6) is 0.537. The van der Waals surface area contributed by atoms with Crippen LogP contribution in [0.3, 0.4) is 0 Å². The molecule has 1 fully saturated rings. The number of ether oxygens (including phenoxy) is 1. The maximum Gasteiger partial charge on any atom is 0.267 e. The van der Waals surface area contributed by atoms with Gasteiger partial charge in [-0.2, -0.15) is 0 Å². The van der Waals surface area contributed by atoms with Crippen molar-refractivity contribution in [2.45, 2.75) is 38.9 Å². The van der Waals surface area contributed by atoms with Crippen LogP contribution in [0.2, 0.25) is 0 Å². The summed E-state index contributed by atoms with van der Waals surface area (Å²) in [5.41, 5.74) is 6.76. The van der Waals surface area contributed by atoms with Crippen LogP contribution in [0.4, 0.5) is 0 Å². The number of hydrogen-bond acceptors (Lipinski definition) is 5. The molecule has 0 spiro atoms. The zero-order valence-electron chi connectivity index (χ0n) is 17.4. The van der Waals surface area contributed by atoms with E-state index in [4.69, 9.17) is 9.57 Å². The summed E-state index contributed by atoms with van der Waals surface area (Å²) in [4.78, 5) is 36.6. The van der Waals surface area contributed by atoms with Crippen molar-refractivity contribution in [2.75, 3.05) is 6.61 Å². The number of nitrogens with one attached hydrogen (secondary N) is 2. The highest BCUT2D eigenvalue weighted by Crippen LogP contribution is 2.17. The molecule has 1 atom stereocenters. The van der Waals surface area contributed by atoms with Crippen molar-refractivity contribution in [3.63, 3.8) is 0 Å². The first-order valence-corrected chi connectivity index (χ1v) is 10.4. The van der Waals surface area contributed by atoms with E-state index in [1.807, 2.05) is 36.4 Å². The van der Waals surface area contributed by atoms with E-state index in [1.54, 1.807) is 19.1 Å². The predicted molar refractivity (Wildman–Crippen MR) is 117 cm³/mol. The molecule has 2 aromatic carbocycles. The summed E-state index contributed by atoms with van der Waals surface area (Å²) in [6.45, 7) is 2.21. The Morgan fingerprint density at radius 3 is 2.81 bits per heavy atom. The maximum atomic E-state index is 11.9. The number of carbonyl (C=O) groups is 2. The molecule has 0 saturated carbocycles. The van der Waals surface area contributed by atoms with Gasteiger partial charge in [0.2, 0.25) is 0 Å². The van der Waals surface area contributed by atoms with E-state index in [0.29, 0.717) is 18.6 Å². The van der Waals surface area contributed by atoms with Gasteiger partial charge in [-0.1, -0.05) is 24.3 Å². The zero-order chi connectivity index (χ0) is 21.6. The molecule has 4 rings (SSSR count). The van der Waals surface area contributed by atoms with Crippen molar-refractivity contribution in [1.29, 1.82) is 0 Å². The molecular weight excluding hydrogens is 394 g/mol. The first-order valence-electron chi connectivity index (χ1n) is 10.4. The third-order valence-corrected chi connectivity index (χ3v) is 5.14. The number of fused-ring (bicyclic) bond motifs is 1. The summed E-state index contributed by atoms with van der Waals surface area (Å²) in [6, 6.07) is 13.4. The number of amides is 1. The lowest BCUT2D eigenvalue weighted by Crippen LogP contribution is -2.32. The predicted octanol–water partition coefficient (Wildman–Crippen LogP) is 3.94. The Hall–Kier alpha value is -3.29. The van der Waals surface area contributed by atoms with E-state index >= 15 is 0 Å². The number of hydrogen-bond donors (Lipinski definition) is 2. The first-order chi connectivity index (χ1) is 15.1. The summed E-state index contributed by atoms with van der Waals surface area (Å²) in [5, 5.41) is 0. The molecule has 2 heterocycles. The normalized spacial score (nSPS) is 16.6. The van der Waals surface area contributed by atoms with Crippen LogP contribution in [0.15, 0.2) is 48.5 Å². The topological polar surface area (TPSA) is 93.3 Å². The Kier molecular flexibility index (Phi) is 6.54. The molecule has 7 nitrogen and oxygen atoms in total. The monoisotopic (exact) mass is 419 g/mol. The summed E-state index contributed by atoms with van der Waals surface area (Å²) < 4.78 is 5.40. The van der Waals surface area contributed by atoms with E-state index in [1.165, 1.54) is 6.08 Å². The quantitative estimate of drug-likeness (QED) is 0.344. The molecule has 2 N–H and O–H groups in total. The second kappa shape index (κ2) is 9.68. The molecular formula is C24H25N3O4. The number of hydroxylamine groups is 1. The SMILES string of the molecule is CC(=O)c1ccc2nc(Cc3ccc(C=CC(=O)NOC4CCCCO4)cc3)[nH]c2c1. The maximum absolute atomic E-state index is 11.9. The van der Waals surface area contributed by atoms with E-state index in [0.717, 1.165) is 47.2 Å². The van der Waals surface area contributed by atoms with E-state index in [9.17, 15) is 9.59 Å². The fourth-order valence-electron chi connectivity index (χ4n) is 3.44. The van der Waals surface area contributed by atoms with Crippen LogP contribution in [0, 0.1) is 0 Å². The molecule has 31 heavy (non-hydrogen) atoms. The van der Waals surface area contributed by atoms with Crippen LogP contribution in [0.5, 0.6) is 0 Å². The lowest BCUT2D eigenvalue weighted by molar-refractivity contribution is -0.198. The number of H-pyrrole nitrogens is 1. The van der Waals surface area contributed by atoms with Crippen LogP contribution in [0.25, 0.3) is 17.1 Å². The molecule has 1 aliphatic heterocycles. The first kappa shape index (κ1) is 21.0. The van der Waals surface area contributed by atoms with Gasteiger partial charge in [0.15, 0.2) is 12.1 Å². The van der Waals surface area contributed by atoms with Crippen molar-refractivity contribution in [2.24, 2.45) is 0 Å². The van der Waals surface area contributed by atoms with Crippen LogP contribution < -0.4 is 5.48 Å². The molecule has 0 aliphatic carbocycles. The second-order valence-corrected chi connectivity index (χ2v) is 7.60. The second-order valence-electron chi connectivity index (χ2n) is 7.60. The van der Waals surface area contributed by atoms with Gasteiger partial charge >= 0.3 is 0 Å². The molecule has 3 aromatic rings. The largest absolute Gasteiger partial charge is 0.350 e. The van der Waals surface area contributed by atoms with Gasteiger partial charge in [-0.15, -0.1) is 0 Å². The van der Waals surface area contributed by atoms with E-state index in [2.05, 4.69) is 15.4 Å². The molecule has 7 heteroatoms. The molecule has 0 radical (unpaired) electrons. The zero-order valence-corrected chi connectivity index (χ0v) is 17.4. The Balaban J connectivity index is 1.32. The average molecular weight is 419 g/mol. The highest BCUT2D eigenvalue weighted by Gasteiger charge is 2.15. The van der Waals surface area contributed by atoms with Crippen LogP contribution in [-0.4, -0.2) is 34.6 Å². The van der Waals surface area contributed by atoms with Crippen LogP contribution in [0.1, 0.15) is 53.5 Å². The molecule has 1 aromatic heterocycles. The van der Waals surface area contributed by atoms with Gasteiger partial charge < -0.3 is 9.72 Å². The van der Waals surface area contributed by atoms with Gasteiger partial charge in [0.1, 0.15) is 5.82 Å². The van der Waals surface area contributed by atoms with Crippen LogP contribution in [-0.2, 0) is 20.8 Å². The number of Topliss-reactive ketones (excluding diaryl/α,β-unsaturated/α-hetero) is 1. The van der Waals surface area contributed by atoms with Crippen molar-refractivity contribution in [1.82, 2.24) is 15.4 Å². The third-order valence-electron chi connectivity index (χ3n) is 5.14. The third kappa shape index (κ3) is 5.65. The van der Waals surface area contributed by atoms with Gasteiger partial charge in [0.25, 0.3) is 5.91 Å². The lowest BCUT2D eigenvalue weighted by Gasteiger charge is -2.21. The Morgan fingerprint density at radius 1 is 1.23 bits per heavy atom. The van der Waals surface area contributed by atoms with Crippen molar-refractivity contribution in [3.8, 4) is 0 Å². The standard InChI is InChI=1S/C24H25N3O4/c1-16(28)19-10-11-20-21(15-19)26-22(25-20)14-18-7-5-17(6-8-18)9-12-23(29)27-31-24-4-2-3-13-30-24/h5-12,15,24H,2-4,13-14H2,1H3,(H,25,26)(H,27,29). The minimum Gasteiger partial charge on any atom is -0.350 e. The van der Waals surface area contributed by atoms with Gasteiger partial charge in [0, 0.05) is 31.1 Å². The Labute approximate surface area is 180 Å². The molecule has 1 aliphatic rings. The van der Waals surface area contributed by atoms with Crippen molar-refractivity contribution >= 4 is 28.8 Å². The summed E-state index contributed by atoms with van der Waals surface area (Å²) in [6.07, 6.45) is 6.30. The molecule has 1 amide bonds.